The zero-order valence-corrected chi connectivity index (χ0v) is 19.0. The van der Waals surface area contributed by atoms with Crippen LogP contribution in [-0.4, -0.2) is 40.3 Å². The molecular formula is C23H20ClN3O4S. The van der Waals surface area contributed by atoms with E-state index in [1.54, 1.807) is 60.7 Å². The normalized spacial score (nSPS) is 11.0. The van der Waals surface area contributed by atoms with Crippen molar-refractivity contribution in [3.05, 3.63) is 82.0 Å². The Labute approximate surface area is 193 Å². The van der Waals surface area contributed by atoms with Crippen molar-refractivity contribution in [3.63, 3.8) is 0 Å². The van der Waals surface area contributed by atoms with Gasteiger partial charge in [-0.3, -0.25) is 14.2 Å². The number of hydrogen-bond donors (Lipinski definition) is 0. The molecule has 0 saturated carbocycles. The number of methoxy groups -OCH3 is 1. The highest BCUT2D eigenvalue weighted by molar-refractivity contribution is 7.99. The van der Waals surface area contributed by atoms with E-state index in [-0.39, 0.29) is 17.2 Å². The Bertz CT molecular complexity index is 1320. The van der Waals surface area contributed by atoms with Crippen molar-refractivity contribution in [2.45, 2.75) is 11.7 Å². The lowest BCUT2D eigenvalue weighted by atomic mass is 10.2. The molecule has 0 N–H and O–H groups in total. The molecule has 164 valence electrons. The number of carbonyl (C=O) groups is 1. The largest absolute Gasteiger partial charge is 0.495 e. The molecule has 0 aliphatic heterocycles. The fraction of sp³-hybridized carbons (Fsp3) is 0.174. The first kappa shape index (κ1) is 22.0. The van der Waals surface area contributed by atoms with Gasteiger partial charge in [0.1, 0.15) is 11.5 Å². The minimum absolute atomic E-state index is 0.103. The first-order chi connectivity index (χ1) is 15.5. The van der Waals surface area contributed by atoms with E-state index in [4.69, 9.17) is 20.8 Å². The summed E-state index contributed by atoms with van der Waals surface area (Å²) in [5.41, 5.74) is 0.862. The molecule has 0 aliphatic rings. The number of furan rings is 1. The van der Waals surface area contributed by atoms with E-state index in [1.165, 1.54) is 23.4 Å². The lowest BCUT2D eigenvalue weighted by molar-refractivity contribution is -0.127. The van der Waals surface area contributed by atoms with E-state index < -0.39 is 0 Å². The second-order valence-corrected chi connectivity index (χ2v) is 8.34. The molecule has 9 heteroatoms. The van der Waals surface area contributed by atoms with Gasteiger partial charge in [0.25, 0.3) is 5.56 Å². The third-order valence-corrected chi connectivity index (χ3v) is 6.08. The Kier molecular flexibility index (Phi) is 6.53. The van der Waals surface area contributed by atoms with Crippen LogP contribution in [0.4, 0.5) is 0 Å². The van der Waals surface area contributed by atoms with Crippen LogP contribution in [-0.2, 0) is 11.3 Å². The number of rotatable bonds is 7. The highest BCUT2D eigenvalue weighted by atomic mass is 35.5. The highest BCUT2D eigenvalue weighted by Crippen LogP contribution is 2.28. The maximum Gasteiger partial charge on any atom is 0.266 e. The summed E-state index contributed by atoms with van der Waals surface area (Å²) in [6.07, 6.45) is 1.57. The van der Waals surface area contributed by atoms with Gasteiger partial charge in [0.15, 0.2) is 5.16 Å². The molecule has 4 rings (SSSR count). The molecule has 32 heavy (non-hydrogen) atoms. The number of ether oxygens (including phenoxy) is 1. The second kappa shape index (κ2) is 9.50. The van der Waals surface area contributed by atoms with Gasteiger partial charge in [-0.15, -0.1) is 0 Å². The van der Waals surface area contributed by atoms with E-state index in [9.17, 15) is 9.59 Å². The number of amides is 1. The van der Waals surface area contributed by atoms with Crippen molar-refractivity contribution in [3.8, 4) is 11.4 Å². The molecule has 0 fully saturated rings. The standard InChI is InChI=1S/C23H20ClN3O4S/c1-26(13-16-6-5-11-31-16)21(28)14-32-23-25-19-8-4-3-7-17(19)22(29)27(23)15-9-10-20(30-2)18(24)12-15/h3-12H,13-14H2,1-2H3. The number of aromatic nitrogens is 2. The number of thioether (sulfide) groups is 1. The average Bonchev–Trinajstić information content (AvgIpc) is 3.30. The summed E-state index contributed by atoms with van der Waals surface area (Å²) in [4.78, 5) is 32.2. The lowest BCUT2D eigenvalue weighted by Gasteiger charge is -2.17. The summed E-state index contributed by atoms with van der Waals surface area (Å²) < 4.78 is 12.0. The van der Waals surface area contributed by atoms with Crippen molar-refractivity contribution in [1.29, 1.82) is 0 Å². The minimum atomic E-state index is -0.240. The van der Waals surface area contributed by atoms with E-state index in [0.717, 1.165) is 0 Å². The molecule has 2 aromatic carbocycles. The Morgan fingerprint density at radius 2 is 2.03 bits per heavy atom. The van der Waals surface area contributed by atoms with Crippen LogP contribution >= 0.6 is 23.4 Å². The molecule has 0 unspecified atom stereocenters. The molecule has 0 atom stereocenters. The molecule has 0 saturated heterocycles. The molecule has 0 spiro atoms. The van der Waals surface area contributed by atoms with E-state index in [1.807, 2.05) is 12.1 Å². The van der Waals surface area contributed by atoms with Crippen molar-refractivity contribution < 1.29 is 13.9 Å². The van der Waals surface area contributed by atoms with Gasteiger partial charge in [-0.1, -0.05) is 35.5 Å². The Hall–Kier alpha value is -3.23. The fourth-order valence-corrected chi connectivity index (χ4v) is 4.40. The molecule has 2 aromatic heterocycles. The molecule has 0 radical (unpaired) electrons. The predicted octanol–water partition coefficient (Wildman–Crippen LogP) is 4.39. The van der Waals surface area contributed by atoms with Crippen molar-refractivity contribution in [1.82, 2.24) is 14.5 Å². The second-order valence-electron chi connectivity index (χ2n) is 6.99. The Morgan fingerprint density at radius 1 is 1.22 bits per heavy atom. The zero-order chi connectivity index (χ0) is 22.7. The molecule has 2 heterocycles. The number of nitrogens with zero attached hydrogens (tertiary/aromatic N) is 3. The van der Waals surface area contributed by atoms with E-state index >= 15 is 0 Å². The monoisotopic (exact) mass is 469 g/mol. The van der Waals surface area contributed by atoms with Crippen LogP contribution in [0.1, 0.15) is 5.76 Å². The smallest absolute Gasteiger partial charge is 0.266 e. The van der Waals surface area contributed by atoms with Crippen molar-refractivity contribution in [2.75, 3.05) is 19.9 Å². The number of halogens is 1. The first-order valence-electron chi connectivity index (χ1n) is 9.73. The third-order valence-electron chi connectivity index (χ3n) is 4.86. The van der Waals surface area contributed by atoms with Gasteiger partial charge in [-0.05, 0) is 42.5 Å². The minimum Gasteiger partial charge on any atom is -0.495 e. The van der Waals surface area contributed by atoms with Crippen LogP contribution in [0.25, 0.3) is 16.6 Å². The molecule has 4 aromatic rings. The summed E-state index contributed by atoms with van der Waals surface area (Å²) in [7, 11) is 3.23. The average molecular weight is 470 g/mol. The van der Waals surface area contributed by atoms with Crippen LogP contribution in [0.3, 0.4) is 0 Å². The Morgan fingerprint density at radius 3 is 2.75 bits per heavy atom. The van der Waals surface area contributed by atoms with Crippen LogP contribution in [0.2, 0.25) is 5.02 Å². The van der Waals surface area contributed by atoms with Gasteiger partial charge in [-0.25, -0.2) is 4.98 Å². The molecule has 7 nitrogen and oxygen atoms in total. The quantitative estimate of drug-likeness (QED) is 0.295. The Balaban J connectivity index is 1.68. The van der Waals surface area contributed by atoms with Crippen LogP contribution in [0.5, 0.6) is 5.75 Å². The molecule has 0 aliphatic carbocycles. The molecular weight excluding hydrogens is 450 g/mol. The van der Waals surface area contributed by atoms with Gasteiger partial charge in [0.05, 0.1) is 47.3 Å². The van der Waals surface area contributed by atoms with E-state index in [0.29, 0.717) is 44.8 Å². The molecule has 0 bridgehead atoms. The van der Waals surface area contributed by atoms with Crippen LogP contribution in [0.15, 0.2) is 75.2 Å². The maximum atomic E-state index is 13.3. The third kappa shape index (κ3) is 4.51. The van der Waals surface area contributed by atoms with Gasteiger partial charge in [0, 0.05) is 7.05 Å². The molecule has 1 amide bonds. The van der Waals surface area contributed by atoms with Crippen LogP contribution in [0, 0.1) is 0 Å². The van der Waals surface area contributed by atoms with Crippen LogP contribution < -0.4 is 10.3 Å². The SMILES string of the molecule is COc1ccc(-n2c(SCC(=O)N(C)Cc3ccco3)nc3ccccc3c2=O)cc1Cl. The summed E-state index contributed by atoms with van der Waals surface area (Å²) in [6, 6.07) is 15.8. The van der Waals surface area contributed by atoms with Gasteiger partial charge < -0.3 is 14.1 Å². The maximum absolute atomic E-state index is 13.3. The van der Waals surface area contributed by atoms with Crippen molar-refractivity contribution >= 4 is 40.2 Å². The topological polar surface area (TPSA) is 77.6 Å². The van der Waals surface area contributed by atoms with Gasteiger partial charge >= 0.3 is 0 Å². The number of para-hydroxylation sites is 1. The highest BCUT2D eigenvalue weighted by Gasteiger charge is 2.17. The number of fused-ring (bicyclic) bond motifs is 1. The predicted molar refractivity (Wildman–Crippen MR) is 125 cm³/mol. The number of hydrogen-bond acceptors (Lipinski definition) is 6. The van der Waals surface area contributed by atoms with E-state index in [2.05, 4.69) is 4.98 Å². The summed E-state index contributed by atoms with van der Waals surface area (Å²) in [5.74, 6) is 1.18. The summed E-state index contributed by atoms with van der Waals surface area (Å²) in [6.45, 7) is 0.360. The number of carbonyl (C=O) groups excluding carboxylic acids is 1. The van der Waals surface area contributed by atoms with Gasteiger partial charge in [0.2, 0.25) is 5.91 Å². The summed E-state index contributed by atoms with van der Waals surface area (Å²) in [5, 5.41) is 1.25. The lowest BCUT2D eigenvalue weighted by Crippen LogP contribution is -2.28. The fourth-order valence-electron chi connectivity index (χ4n) is 3.19. The zero-order valence-electron chi connectivity index (χ0n) is 17.4. The number of benzene rings is 2. The van der Waals surface area contributed by atoms with Crippen molar-refractivity contribution in [2.24, 2.45) is 0 Å². The first-order valence-corrected chi connectivity index (χ1v) is 11.1. The van der Waals surface area contributed by atoms with Gasteiger partial charge in [-0.2, -0.15) is 0 Å². The summed E-state index contributed by atoms with van der Waals surface area (Å²) >= 11 is 7.49.